The summed E-state index contributed by atoms with van der Waals surface area (Å²) in [5.74, 6) is 0.1000. The summed E-state index contributed by atoms with van der Waals surface area (Å²) in [5, 5.41) is 27.3. The molecular formula is C9H13N3O4S. The van der Waals surface area contributed by atoms with E-state index >= 15 is 0 Å². The zero-order valence-electron chi connectivity index (χ0n) is 8.80. The lowest BCUT2D eigenvalue weighted by Gasteiger charge is -2.17. The molecule has 0 aromatic carbocycles. The van der Waals surface area contributed by atoms with Gasteiger partial charge in [-0.05, 0) is 6.07 Å². The van der Waals surface area contributed by atoms with Crippen LogP contribution in [0.4, 0.5) is 5.82 Å². The van der Waals surface area contributed by atoms with E-state index in [1.165, 1.54) is 16.8 Å². The third-order valence-corrected chi connectivity index (χ3v) is 4.21. The number of aliphatic hydroxyl groups is 3. The number of thioether (sulfide) groups is 1. The van der Waals surface area contributed by atoms with Gasteiger partial charge in [0.15, 0.2) is 0 Å². The first-order valence-corrected chi connectivity index (χ1v) is 5.96. The largest absolute Gasteiger partial charge is 0.395 e. The van der Waals surface area contributed by atoms with Crippen molar-refractivity contribution >= 4 is 17.6 Å². The standard InChI is InChI=1S/C9H13N3O4S/c10-5-1-2-12(9(16)11-5)8-7(15)6(14)4(3-13)17-8/h1-2,4,6-8,13-15H,3H2,(H2,10,11,16)/t4-,6-,7+,8+/m0/s1. The Balaban J connectivity index is 2.32. The van der Waals surface area contributed by atoms with Gasteiger partial charge in [-0.1, -0.05) is 0 Å². The molecule has 1 saturated heterocycles. The first-order valence-electron chi connectivity index (χ1n) is 5.01. The smallest absolute Gasteiger partial charge is 0.350 e. The molecule has 0 spiro atoms. The molecule has 94 valence electrons. The lowest BCUT2D eigenvalue weighted by Crippen LogP contribution is -2.36. The summed E-state index contributed by atoms with van der Waals surface area (Å²) < 4.78 is 1.20. The average molecular weight is 259 g/mol. The van der Waals surface area contributed by atoms with Crippen LogP contribution in [0, 0.1) is 0 Å². The van der Waals surface area contributed by atoms with Crippen molar-refractivity contribution in [2.24, 2.45) is 0 Å². The molecule has 0 saturated carbocycles. The lowest BCUT2D eigenvalue weighted by atomic mass is 10.1. The van der Waals surface area contributed by atoms with Gasteiger partial charge in [0.2, 0.25) is 0 Å². The molecule has 7 nitrogen and oxygen atoms in total. The highest BCUT2D eigenvalue weighted by Crippen LogP contribution is 2.40. The molecule has 0 aliphatic carbocycles. The average Bonchev–Trinajstić information content (AvgIpc) is 2.57. The fourth-order valence-electron chi connectivity index (χ4n) is 1.73. The molecule has 0 unspecified atom stereocenters. The van der Waals surface area contributed by atoms with Gasteiger partial charge in [-0.15, -0.1) is 11.8 Å². The Morgan fingerprint density at radius 1 is 1.47 bits per heavy atom. The van der Waals surface area contributed by atoms with Crippen LogP contribution < -0.4 is 11.4 Å². The fourth-order valence-corrected chi connectivity index (χ4v) is 3.11. The summed E-state index contributed by atoms with van der Waals surface area (Å²) in [4.78, 5) is 15.1. The molecule has 4 atom stereocenters. The maximum atomic E-state index is 11.6. The number of anilines is 1. The van der Waals surface area contributed by atoms with Crippen molar-refractivity contribution in [2.75, 3.05) is 12.3 Å². The first-order chi connectivity index (χ1) is 8.04. The zero-order chi connectivity index (χ0) is 12.6. The normalized spacial score (nSPS) is 32.9. The number of rotatable bonds is 2. The van der Waals surface area contributed by atoms with E-state index in [9.17, 15) is 15.0 Å². The summed E-state index contributed by atoms with van der Waals surface area (Å²) >= 11 is 1.13. The van der Waals surface area contributed by atoms with Gasteiger partial charge in [0, 0.05) is 6.20 Å². The molecule has 17 heavy (non-hydrogen) atoms. The third-order valence-electron chi connectivity index (χ3n) is 2.64. The van der Waals surface area contributed by atoms with E-state index < -0.39 is 28.5 Å². The number of aromatic nitrogens is 2. The van der Waals surface area contributed by atoms with Crippen molar-refractivity contribution in [2.45, 2.75) is 22.8 Å². The number of hydrogen-bond donors (Lipinski definition) is 4. The molecule has 2 rings (SSSR count). The Morgan fingerprint density at radius 2 is 2.18 bits per heavy atom. The minimum atomic E-state index is -1.12. The Kier molecular flexibility index (Phi) is 3.38. The predicted molar refractivity (Wildman–Crippen MR) is 62.4 cm³/mol. The van der Waals surface area contributed by atoms with Crippen LogP contribution in [0.2, 0.25) is 0 Å². The first kappa shape index (κ1) is 12.4. The van der Waals surface area contributed by atoms with E-state index in [0.29, 0.717) is 0 Å². The van der Waals surface area contributed by atoms with Crippen LogP contribution in [-0.2, 0) is 0 Å². The van der Waals surface area contributed by atoms with Crippen molar-refractivity contribution in [3.8, 4) is 0 Å². The van der Waals surface area contributed by atoms with Gasteiger partial charge >= 0.3 is 5.69 Å². The number of aliphatic hydroxyl groups excluding tert-OH is 3. The SMILES string of the molecule is Nc1ccn([C@@H]2S[C@@H](CO)[C@H](O)[C@H]2O)c(=O)n1. The second-order valence-electron chi connectivity index (χ2n) is 3.77. The second kappa shape index (κ2) is 4.65. The van der Waals surface area contributed by atoms with E-state index in [-0.39, 0.29) is 12.4 Å². The van der Waals surface area contributed by atoms with E-state index in [1.807, 2.05) is 0 Å². The molecule has 1 aromatic heterocycles. The third kappa shape index (κ3) is 2.16. The van der Waals surface area contributed by atoms with E-state index in [2.05, 4.69) is 4.98 Å². The topological polar surface area (TPSA) is 122 Å². The molecule has 2 heterocycles. The maximum Gasteiger partial charge on any atom is 0.350 e. The second-order valence-corrected chi connectivity index (χ2v) is 5.13. The zero-order valence-corrected chi connectivity index (χ0v) is 9.62. The van der Waals surface area contributed by atoms with Gasteiger partial charge in [-0.25, -0.2) is 4.79 Å². The van der Waals surface area contributed by atoms with Gasteiger partial charge in [0.05, 0.1) is 18.0 Å². The summed E-state index contributed by atoms with van der Waals surface area (Å²) in [6, 6.07) is 1.44. The van der Waals surface area contributed by atoms with Crippen LogP contribution in [0.3, 0.4) is 0 Å². The molecular weight excluding hydrogens is 246 g/mol. The maximum absolute atomic E-state index is 11.6. The summed E-state index contributed by atoms with van der Waals surface area (Å²) in [6.07, 6.45) is -0.780. The minimum Gasteiger partial charge on any atom is -0.395 e. The van der Waals surface area contributed by atoms with Gasteiger partial charge in [0.1, 0.15) is 17.3 Å². The molecule has 0 radical (unpaired) electrons. The van der Waals surface area contributed by atoms with Crippen molar-refractivity contribution in [1.29, 1.82) is 0 Å². The number of nitrogens with zero attached hydrogens (tertiary/aromatic N) is 2. The summed E-state index contributed by atoms with van der Waals surface area (Å²) in [5.41, 5.74) is 4.77. The van der Waals surface area contributed by atoms with Crippen LogP contribution in [0.5, 0.6) is 0 Å². The highest BCUT2D eigenvalue weighted by Gasteiger charge is 2.43. The van der Waals surface area contributed by atoms with Crippen molar-refractivity contribution in [3.05, 3.63) is 22.7 Å². The highest BCUT2D eigenvalue weighted by atomic mass is 32.2. The van der Waals surface area contributed by atoms with Crippen molar-refractivity contribution < 1.29 is 15.3 Å². The summed E-state index contributed by atoms with van der Waals surface area (Å²) in [6.45, 7) is -0.267. The predicted octanol–water partition coefficient (Wildman–Crippen LogP) is -1.85. The van der Waals surface area contributed by atoms with Crippen LogP contribution in [0.25, 0.3) is 0 Å². The van der Waals surface area contributed by atoms with Crippen LogP contribution >= 0.6 is 11.8 Å². The Morgan fingerprint density at radius 3 is 2.71 bits per heavy atom. The number of nitrogen functional groups attached to an aromatic ring is 1. The Bertz CT molecular complexity index is 466. The summed E-state index contributed by atoms with van der Waals surface area (Å²) in [7, 11) is 0. The molecule has 8 heteroatoms. The Labute approximate surface area is 101 Å². The molecule has 5 N–H and O–H groups in total. The molecule has 1 aliphatic heterocycles. The van der Waals surface area contributed by atoms with Gasteiger partial charge in [-0.2, -0.15) is 4.98 Å². The monoisotopic (exact) mass is 259 g/mol. The van der Waals surface area contributed by atoms with Gasteiger partial charge in [0.25, 0.3) is 0 Å². The molecule has 1 fully saturated rings. The molecule has 1 aliphatic rings. The van der Waals surface area contributed by atoms with Gasteiger partial charge in [-0.3, -0.25) is 4.57 Å². The van der Waals surface area contributed by atoms with E-state index in [4.69, 9.17) is 10.8 Å². The number of nitrogens with two attached hydrogens (primary N) is 1. The van der Waals surface area contributed by atoms with E-state index in [0.717, 1.165) is 11.8 Å². The minimum absolute atomic E-state index is 0.1000. The van der Waals surface area contributed by atoms with Crippen molar-refractivity contribution in [1.82, 2.24) is 9.55 Å². The number of hydrogen-bond acceptors (Lipinski definition) is 7. The van der Waals surface area contributed by atoms with E-state index in [1.54, 1.807) is 0 Å². The molecule has 0 bridgehead atoms. The highest BCUT2D eigenvalue weighted by molar-refractivity contribution is 8.00. The molecule has 1 aromatic rings. The Hall–Kier alpha value is -1.09. The van der Waals surface area contributed by atoms with Crippen LogP contribution in [0.15, 0.2) is 17.1 Å². The van der Waals surface area contributed by atoms with Crippen LogP contribution in [0.1, 0.15) is 5.37 Å². The van der Waals surface area contributed by atoms with Crippen molar-refractivity contribution in [3.63, 3.8) is 0 Å². The molecule has 0 amide bonds. The lowest BCUT2D eigenvalue weighted by molar-refractivity contribution is 0.0101. The quantitative estimate of drug-likeness (QED) is 0.492. The van der Waals surface area contributed by atoms with Crippen LogP contribution in [-0.4, -0.2) is 48.9 Å². The fraction of sp³-hybridized carbons (Fsp3) is 0.556. The van der Waals surface area contributed by atoms with Gasteiger partial charge < -0.3 is 21.1 Å².